The molecule has 1 N–H and O–H groups in total. The van der Waals surface area contributed by atoms with Gasteiger partial charge in [0.2, 0.25) is 0 Å². The molecule has 2 aromatic heterocycles. The summed E-state index contributed by atoms with van der Waals surface area (Å²) >= 11 is 5.97. The summed E-state index contributed by atoms with van der Waals surface area (Å²) in [7, 11) is 1.55. The van der Waals surface area contributed by atoms with Crippen LogP contribution in [0.15, 0.2) is 36.9 Å². The SMILES string of the molecule is COc1cncc(C(O)c2ccncc2Cl)c1. The average molecular weight is 251 g/mol. The normalized spacial score (nSPS) is 12.2. The van der Waals surface area contributed by atoms with Crippen molar-refractivity contribution in [1.29, 1.82) is 0 Å². The van der Waals surface area contributed by atoms with Crippen molar-refractivity contribution in [3.8, 4) is 5.75 Å². The molecular formula is C12H11ClN2O2. The lowest BCUT2D eigenvalue weighted by Gasteiger charge is -2.12. The molecule has 0 aromatic carbocycles. The van der Waals surface area contributed by atoms with Crippen LogP contribution in [-0.4, -0.2) is 22.2 Å². The Hall–Kier alpha value is -1.65. The van der Waals surface area contributed by atoms with Crippen LogP contribution >= 0.6 is 11.6 Å². The zero-order valence-corrected chi connectivity index (χ0v) is 9.93. The highest BCUT2D eigenvalue weighted by Crippen LogP contribution is 2.28. The molecule has 0 saturated carbocycles. The summed E-state index contributed by atoms with van der Waals surface area (Å²) in [6.45, 7) is 0. The fourth-order valence-electron chi connectivity index (χ4n) is 1.48. The Balaban J connectivity index is 2.37. The first-order valence-electron chi connectivity index (χ1n) is 4.99. The average Bonchev–Trinajstić information content (AvgIpc) is 2.38. The predicted octanol–water partition coefficient (Wildman–Crippen LogP) is 2.22. The second-order valence-electron chi connectivity index (χ2n) is 3.46. The van der Waals surface area contributed by atoms with E-state index in [2.05, 4.69) is 9.97 Å². The van der Waals surface area contributed by atoms with Gasteiger partial charge in [-0.3, -0.25) is 9.97 Å². The standard InChI is InChI=1S/C12H11ClN2O2/c1-17-9-4-8(5-15-6-9)12(16)10-2-3-14-7-11(10)13/h2-7,12,16H,1H3. The van der Waals surface area contributed by atoms with Gasteiger partial charge in [-0.25, -0.2) is 0 Å². The van der Waals surface area contributed by atoms with Gasteiger partial charge in [0.05, 0.1) is 18.3 Å². The zero-order valence-electron chi connectivity index (χ0n) is 9.17. The number of pyridine rings is 2. The molecule has 0 radical (unpaired) electrons. The van der Waals surface area contributed by atoms with Gasteiger partial charge in [-0.2, -0.15) is 0 Å². The van der Waals surface area contributed by atoms with Gasteiger partial charge >= 0.3 is 0 Å². The van der Waals surface area contributed by atoms with Gasteiger partial charge < -0.3 is 9.84 Å². The number of ether oxygens (including phenoxy) is 1. The Morgan fingerprint density at radius 1 is 1.29 bits per heavy atom. The first-order chi connectivity index (χ1) is 8.22. The molecule has 0 aliphatic carbocycles. The molecule has 2 aromatic rings. The molecule has 0 aliphatic heterocycles. The van der Waals surface area contributed by atoms with Crippen LogP contribution in [0.1, 0.15) is 17.2 Å². The van der Waals surface area contributed by atoms with Gasteiger partial charge in [-0.05, 0) is 12.1 Å². The molecule has 1 atom stereocenters. The molecule has 0 fully saturated rings. The van der Waals surface area contributed by atoms with Crippen LogP contribution in [0, 0.1) is 0 Å². The van der Waals surface area contributed by atoms with Gasteiger partial charge in [0, 0.05) is 29.7 Å². The van der Waals surface area contributed by atoms with E-state index in [0.717, 1.165) is 0 Å². The van der Waals surface area contributed by atoms with Crippen LogP contribution in [0.2, 0.25) is 5.02 Å². The van der Waals surface area contributed by atoms with E-state index < -0.39 is 6.10 Å². The number of methoxy groups -OCH3 is 1. The minimum atomic E-state index is -0.840. The second-order valence-corrected chi connectivity index (χ2v) is 3.87. The maximum absolute atomic E-state index is 10.2. The quantitative estimate of drug-likeness (QED) is 0.908. The summed E-state index contributed by atoms with van der Waals surface area (Å²) in [4.78, 5) is 7.86. The van der Waals surface area contributed by atoms with Gasteiger partial charge in [0.15, 0.2) is 0 Å². The lowest BCUT2D eigenvalue weighted by Crippen LogP contribution is -2.02. The van der Waals surface area contributed by atoms with Crippen molar-refractivity contribution in [2.45, 2.75) is 6.10 Å². The van der Waals surface area contributed by atoms with Crippen LogP contribution in [-0.2, 0) is 0 Å². The fraction of sp³-hybridized carbons (Fsp3) is 0.167. The van der Waals surface area contributed by atoms with Gasteiger partial charge in [-0.1, -0.05) is 11.6 Å². The minimum absolute atomic E-state index is 0.419. The van der Waals surface area contributed by atoms with E-state index in [1.165, 1.54) is 6.20 Å². The number of aliphatic hydroxyl groups excluding tert-OH is 1. The van der Waals surface area contributed by atoms with E-state index in [1.807, 2.05) is 0 Å². The fourth-order valence-corrected chi connectivity index (χ4v) is 1.71. The van der Waals surface area contributed by atoms with Crippen molar-refractivity contribution < 1.29 is 9.84 Å². The molecule has 0 amide bonds. The minimum Gasteiger partial charge on any atom is -0.495 e. The predicted molar refractivity (Wildman–Crippen MR) is 64.1 cm³/mol. The molecule has 88 valence electrons. The number of hydrogen-bond acceptors (Lipinski definition) is 4. The van der Waals surface area contributed by atoms with Crippen LogP contribution in [0.3, 0.4) is 0 Å². The third kappa shape index (κ3) is 2.54. The highest BCUT2D eigenvalue weighted by molar-refractivity contribution is 6.31. The summed E-state index contributed by atoms with van der Waals surface area (Å²) in [5.74, 6) is 0.590. The molecular weight excluding hydrogens is 240 g/mol. The summed E-state index contributed by atoms with van der Waals surface area (Å²) in [5, 5.41) is 10.6. The summed E-state index contributed by atoms with van der Waals surface area (Å²) in [6, 6.07) is 3.39. The number of halogens is 1. The molecule has 17 heavy (non-hydrogen) atoms. The highest BCUT2D eigenvalue weighted by atomic mass is 35.5. The first-order valence-corrected chi connectivity index (χ1v) is 5.36. The molecule has 0 spiro atoms. The lowest BCUT2D eigenvalue weighted by atomic mass is 10.0. The van der Waals surface area contributed by atoms with Crippen LogP contribution in [0.25, 0.3) is 0 Å². The highest BCUT2D eigenvalue weighted by Gasteiger charge is 2.14. The van der Waals surface area contributed by atoms with Crippen molar-refractivity contribution >= 4 is 11.6 Å². The summed E-state index contributed by atoms with van der Waals surface area (Å²) < 4.78 is 5.05. The summed E-state index contributed by atoms with van der Waals surface area (Å²) in [5.41, 5.74) is 1.22. The van der Waals surface area contributed by atoms with E-state index in [4.69, 9.17) is 16.3 Å². The molecule has 1 unspecified atom stereocenters. The lowest BCUT2D eigenvalue weighted by molar-refractivity contribution is 0.219. The van der Waals surface area contributed by atoms with E-state index in [1.54, 1.807) is 37.8 Å². The van der Waals surface area contributed by atoms with Gasteiger partial charge in [0.1, 0.15) is 11.9 Å². The van der Waals surface area contributed by atoms with Gasteiger partial charge in [-0.15, -0.1) is 0 Å². The first kappa shape index (κ1) is 11.8. The zero-order chi connectivity index (χ0) is 12.3. The molecule has 2 rings (SSSR count). The number of aliphatic hydroxyl groups is 1. The summed E-state index contributed by atoms with van der Waals surface area (Å²) in [6.07, 6.45) is 5.38. The maximum Gasteiger partial charge on any atom is 0.137 e. The Morgan fingerprint density at radius 3 is 2.82 bits per heavy atom. The third-order valence-electron chi connectivity index (χ3n) is 2.38. The Labute approximate surface area is 104 Å². The van der Waals surface area contributed by atoms with E-state index in [9.17, 15) is 5.11 Å². The Kier molecular flexibility index (Phi) is 3.56. The maximum atomic E-state index is 10.2. The Bertz CT molecular complexity index is 519. The molecule has 5 heteroatoms. The van der Waals surface area contributed by atoms with Gasteiger partial charge in [0.25, 0.3) is 0 Å². The van der Waals surface area contributed by atoms with Crippen molar-refractivity contribution in [3.63, 3.8) is 0 Å². The topological polar surface area (TPSA) is 55.2 Å². The number of nitrogens with zero attached hydrogens (tertiary/aromatic N) is 2. The second kappa shape index (κ2) is 5.12. The molecule has 2 heterocycles. The third-order valence-corrected chi connectivity index (χ3v) is 2.70. The number of aromatic nitrogens is 2. The molecule has 4 nitrogen and oxygen atoms in total. The van der Waals surface area contributed by atoms with Crippen molar-refractivity contribution in [2.75, 3.05) is 7.11 Å². The molecule has 0 aliphatic rings. The Morgan fingerprint density at radius 2 is 2.12 bits per heavy atom. The smallest absolute Gasteiger partial charge is 0.137 e. The van der Waals surface area contributed by atoms with Crippen LogP contribution < -0.4 is 4.74 Å². The van der Waals surface area contributed by atoms with E-state index in [-0.39, 0.29) is 0 Å². The monoisotopic (exact) mass is 250 g/mol. The number of rotatable bonds is 3. The van der Waals surface area contributed by atoms with Crippen LogP contribution in [0.4, 0.5) is 0 Å². The largest absolute Gasteiger partial charge is 0.495 e. The van der Waals surface area contributed by atoms with Crippen molar-refractivity contribution in [2.24, 2.45) is 0 Å². The van der Waals surface area contributed by atoms with Crippen molar-refractivity contribution in [3.05, 3.63) is 53.1 Å². The molecule has 0 saturated heterocycles. The number of hydrogen-bond donors (Lipinski definition) is 1. The van der Waals surface area contributed by atoms with E-state index >= 15 is 0 Å². The van der Waals surface area contributed by atoms with E-state index in [0.29, 0.717) is 21.9 Å². The van der Waals surface area contributed by atoms with Crippen molar-refractivity contribution in [1.82, 2.24) is 9.97 Å². The molecule has 0 bridgehead atoms. The van der Waals surface area contributed by atoms with Crippen LogP contribution in [0.5, 0.6) is 5.75 Å².